The number of rotatable bonds is 1. The molecule has 1 N–H and O–H groups in total. The Bertz CT molecular complexity index is 558. The highest BCUT2D eigenvalue weighted by molar-refractivity contribution is 6.09. The number of carbonyl (C=O) groups is 2. The molecule has 6 heteroatoms. The van der Waals surface area contributed by atoms with Gasteiger partial charge in [0.25, 0.3) is 5.91 Å². The first-order chi connectivity index (χ1) is 9.52. The van der Waals surface area contributed by atoms with Crippen LogP contribution in [0.3, 0.4) is 0 Å². The Morgan fingerprint density at radius 1 is 1.25 bits per heavy atom. The number of anilines is 1. The van der Waals surface area contributed by atoms with Crippen molar-refractivity contribution in [2.45, 2.75) is 44.6 Å². The van der Waals surface area contributed by atoms with E-state index in [1.807, 2.05) is 20.2 Å². The van der Waals surface area contributed by atoms with Gasteiger partial charge in [0.05, 0.1) is 11.4 Å². The van der Waals surface area contributed by atoms with Gasteiger partial charge in [-0.2, -0.15) is 5.10 Å². The van der Waals surface area contributed by atoms with Crippen molar-refractivity contribution in [2.24, 2.45) is 7.05 Å². The molecule has 20 heavy (non-hydrogen) atoms. The van der Waals surface area contributed by atoms with Crippen LogP contribution < -0.4 is 10.2 Å². The second-order valence-corrected chi connectivity index (χ2v) is 5.86. The normalized spacial score (nSPS) is 22.2. The summed E-state index contributed by atoms with van der Waals surface area (Å²) in [6.07, 6.45) is 6.41. The quantitative estimate of drug-likeness (QED) is 0.828. The average molecular weight is 276 g/mol. The molecule has 2 aliphatic rings. The minimum Gasteiger partial charge on any atom is -0.340 e. The fourth-order valence-corrected chi connectivity index (χ4v) is 3.37. The fourth-order valence-electron chi connectivity index (χ4n) is 3.37. The molecule has 0 atom stereocenters. The third kappa shape index (κ3) is 1.99. The van der Waals surface area contributed by atoms with Gasteiger partial charge in [-0.25, -0.2) is 0 Å². The lowest BCUT2D eigenvalue weighted by atomic mass is 9.79. The van der Waals surface area contributed by atoms with E-state index in [1.54, 1.807) is 9.58 Å². The molecule has 6 nitrogen and oxygen atoms in total. The summed E-state index contributed by atoms with van der Waals surface area (Å²) in [6.45, 7) is 1.95. The highest BCUT2D eigenvalue weighted by Crippen LogP contribution is 2.34. The Labute approximate surface area is 118 Å². The molecule has 1 saturated heterocycles. The van der Waals surface area contributed by atoms with Crippen LogP contribution in [0, 0.1) is 6.92 Å². The summed E-state index contributed by atoms with van der Waals surface area (Å²) in [7, 11) is 1.82. The SMILES string of the molecule is Cc1nn(C)cc1N1CC(=O)NC2(CCCCC2)C1=O. The maximum atomic E-state index is 12.9. The molecule has 2 amide bonds. The zero-order chi connectivity index (χ0) is 14.3. The number of nitrogens with zero attached hydrogens (tertiary/aromatic N) is 3. The molecule has 2 fully saturated rings. The van der Waals surface area contributed by atoms with E-state index in [-0.39, 0.29) is 18.4 Å². The summed E-state index contributed by atoms with van der Waals surface area (Å²) in [5, 5.41) is 7.22. The van der Waals surface area contributed by atoms with Gasteiger partial charge in [-0.05, 0) is 19.8 Å². The zero-order valence-electron chi connectivity index (χ0n) is 12.0. The van der Waals surface area contributed by atoms with Crippen LogP contribution in [0.25, 0.3) is 0 Å². The Hall–Kier alpha value is -1.85. The molecule has 0 unspecified atom stereocenters. The lowest BCUT2D eigenvalue weighted by Gasteiger charge is -2.43. The number of aryl methyl sites for hydroxylation is 2. The van der Waals surface area contributed by atoms with E-state index in [1.165, 1.54) is 0 Å². The van der Waals surface area contributed by atoms with Gasteiger partial charge < -0.3 is 5.32 Å². The van der Waals surface area contributed by atoms with Crippen LogP contribution in [-0.2, 0) is 16.6 Å². The van der Waals surface area contributed by atoms with Gasteiger partial charge in [0.15, 0.2) is 0 Å². The van der Waals surface area contributed by atoms with E-state index in [4.69, 9.17) is 0 Å². The van der Waals surface area contributed by atoms with Crippen LogP contribution in [0.5, 0.6) is 0 Å². The van der Waals surface area contributed by atoms with Gasteiger partial charge in [0.1, 0.15) is 12.1 Å². The Kier molecular flexibility index (Phi) is 3.03. The number of hydrogen-bond acceptors (Lipinski definition) is 3. The fraction of sp³-hybridized carbons (Fsp3) is 0.643. The molecule has 0 aromatic carbocycles. The molecule has 1 aliphatic carbocycles. The topological polar surface area (TPSA) is 67.2 Å². The predicted molar refractivity (Wildman–Crippen MR) is 74.3 cm³/mol. The minimum absolute atomic E-state index is 0.0212. The summed E-state index contributed by atoms with van der Waals surface area (Å²) in [5.41, 5.74) is 0.842. The van der Waals surface area contributed by atoms with Crippen LogP contribution in [0.4, 0.5) is 5.69 Å². The molecular weight excluding hydrogens is 256 g/mol. The predicted octanol–water partition coefficient (Wildman–Crippen LogP) is 0.894. The molecule has 1 spiro atoms. The van der Waals surface area contributed by atoms with E-state index in [0.29, 0.717) is 0 Å². The highest BCUT2D eigenvalue weighted by atomic mass is 16.2. The molecule has 1 aromatic rings. The summed E-state index contributed by atoms with van der Waals surface area (Å²) in [5.74, 6) is -0.0531. The Morgan fingerprint density at radius 3 is 2.55 bits per heavy atom. The first kappa shape index (κ1) is 13.1. The maximum Gasteiger partial charge on any atom is 0.253 e. The van der Waals surface area contributed by atoms with Crippen molar-refractivity contribution < 1.29 is 9.59 Å². The first-order valence-corrected chi connectivity index (χ1v) is 7.15. The second-order valence-electron chi connectivity index (χ2n) is 5.86. The number of piperazine rings is 1. The van der Waals surface area contributed by atoms with Crippen molar-refractivity contribution in [1.82, 2.24) is 15.1 Å². The summed E-state index contributed by atoms with van der Waals surface area (Å²) < 4.78 is 1.68. The summed E-state index contributed by atoms with van der Waals surface area (Å²) in [4.78, 5) is 26.5. The molecule has 108 valence electrons. The number of amides is 2. The summed E-state index contributed by atoms with van der Waals surface area (Å²) >= 11 is 0. The number of nitrogens with one attached hydrogen (secondary N) is 1. The van der Waals surface area contributed by atoms with Gasteiger partial charge >= 0.3 is 0 Å². The molecule has 0 bridgehead atoms. The van der Waals surface area contributed by atoms with Crippen molar-refractivity contribution in [3.63, 3.8) is 0 Å². The minimum atomic E-state index is -0.685. The molecule has 1 aliphatic heterocycles. The van der Waals surface area contributed by atoms with Crippen LogP contribution in [0.15, 0.2) is 6.20 Å². The van der Waals surface area contributed by atoms with Crippen molar-refractivity contribution >= 4 is 17.5 Å². The van der Waals surface area contributed by atoms with Gasteiger partial charge in [0.2, 0.25) is 5.91 Å². The van der Waals surface area contributed by atoms with Gasteiger partial charge in [-0.15, -0.1) is 0 Å². The Morgan fingerprint density at radius 2 is 1.95 bits per heavy atom. The van der Waals surface area contributed by atoms with E-state index >= 15 is 0 Å². The standard InChI is InChI=1S/C14H20N4O2/c1-10-11(8-17(2)16-10)18-9-12(19)15-14(13(18)20)6-4-3-5-7-14/h8H,3-7,9H2,1-2H3,(H,15,19). The van der Waals surface area contributed by atoms with Gasteiger partial charge in [0, 0.05) is 13.2 Å². The lowest BCUT2D eigenvalue weighted by Crippen LogP contribution is -2.67. The van der Waals surface area contributed by atoms with Crippen LogP contribution in [-0.4, -0.2) is 33.7 Å². The van der Waals surface area contributed by atoms with Crippen LogP contribution >= 0.6 is 0 Å². The van der Waals surface area contributed by atoms with Gasteiger partial charge in [-0.3, -0.25) is 19.2 Å². The second kappa shape index (κ2) is 4.61. The highest BCUT2D eigenvalue weighted by Gasteiger charge is 2.47. The average Bonchev–Trinajstić information content (AvgIpc) is 2.74. The van der Waals surface area contributed by atoms with E-state index < -0.39 is 5.54 Å². The molecule has 1 aromatic heterocycles. The van der Waals surface area contributed by atoms with Crippen molar-refractivity contribution in [3.8, 4) is 0 Å². The Balaban J connectivity index is 1.97. The molecule has 1 saturated carbocycles. The molecular formula is C14H20N4O2. The maximum absolute atomic E-state index is 12.9. The van der Waals surface area contributed by atoms with Crippen molar-refractivity contribution in [1.29, 1.82) is 0 Å². The molecule has 0 radical (unpaired) electrons. The van der Waals surface area contributed by atoms with E-state index in [9.17, 15) is 9.59 Å². The van der Waals surface area contributed by atoms with Gasteiger partial charge in [-0.1, -0.05) is 19.3 Å². The van der Waals surface area contributed by atoms with E-state index in [2.05, 4.69) is 10.4 Å². The third-order valence-electron chi connectivity index (χ3n) is 4.32. The first-order valence-electron chi connectivity index (χ1n) is 7.15. The monoisotopic (exact) mass is 276 g/mol. The van der Waals surface area contributed by atoms with Crippen molar-refractivity contribution in [2.75, 3.05) is 11.4 Å². The third-order valence-corrected chi connectivity index (χ3v) is 4.32. The van der Waals surface area contributed by atoms with Crippen LogP contribution in [0.2, 0.25) is 0 Å². The number of aromatic nitrogens is 2. The van der Waals surface area contributed by atoms with E-state index in [0.717, 1.165) is 43.5 Å². The zero-order valence-corrected chi connectivity index (χ0v) is 12.0. The van der Waals surface area contributed by atoms with Crippen molar-refractivity contribution in [3.05, 3.63) is 11.9 Å². The number of hydrogen-bond donors (Lipinski definition) is 1. The summed E-state index contributed by atoms with van der Waals surface area (Å²) in [6, 6.07) is 0. The molecule has 2 heterocycles. The lowest BCUT2D eigenvalue weighted by molar-refractivity contribution is -0.137. The van der Waals surface area contributed by atoms with Crippen LogP contribution in [0.1, 0.15) is 37.8 Å². The molecule has 3 rings (SSSR count). The largest absolute Gasteiger partial charge is 0.340 e. The number of carbonyl (C=O) groups excluding carboxylic acids is 2. The smallest absolute Gasteiger partial charge is 0.253 e.